The van der Waals surface area contributed by atoms with E-state index in [1.165, 1.54) is 20.8 Å². The fourth-order valence-corrected chi connectivity index (χ4v) is 8.61. The monoisotopic (exact) mass is 839 g/mol. The predicted octanol–water partition coefficient (Wildman–Crippen LogP) is 4.12. The molecule has 332 valence electrons. The molecule has 0 aliphatic carbocycles. The van der Waals surface area contributed by atoms with Crippen LogP contribution < -0.4 is 0 Å². The highest BCUT2D eigenvalue weighted by Gasteiger charge is 2.51. The average molecular weight is 840 g/mol. The van der Waals surface area contributed by atoms with Gasteiger partial charge in [0.25, 0.3) is 0 Å². The van der Waals surface area contributed by atoms with Crippen molar-refractivity contribution >= 4 is 29.1 Å². The van der Waals surface area contributed by atoms with Gasteiger partial charge in [0.1, 0.15) is 35.3 Å². The van der Waals surface area contributed by atoms with E-state index in [0.29, 0.717) is 30.2 Å². The van der Waals surface area contributed by atoms with Crippen molar-refractivity contribution in [1.82, 2.24) is 14.5 Å². The van der Waals surface area contributed by atoms with E-state index >= 15 is 0 Å². The highest BCUT2D eigenvalue weighted by atomic mass is 16.7. The normalized spacial score (nSPS) is 36.4. The number of hydrogen-bond donors (Lipinski definition) is 2. The molecular formula is C44H65N5O11. The minimum Gasteiger partial charge on any atom is -0.459 e. The van der Waals surface area contributed by atoms with Crippen LogP contribution in [0.2, 0.25) is 0 Å². The van der Waals surface area contributed by atoms with E-state index in [0.717, 1.165) is 5.56 Å². The van der Waals surface area contributed by atoms with Gasteiger partial charge < -0.3 is 48.2 Å². The molecule has 2 N–H and O–H groups in total. The Bertz CT molecular complexity index is 1830. The molecule has 0 spiro atoms. The highest BCUT2D eigenvalue weighted by Crippen LogP contribution is 2.39. The van der Waals surface area contributed by atoms with Crippen LogP contribution in [0.4, 0.5) is 0 Å². The largest absolute Gasteiger partial charge is 0.459 e. The number of nitrogens with zero attached hydrogens (tertiary/aromatic N) is 5. The van der Waals surface area contributed by atoms with Gasteiger partial charge in [0.05, 0.1) is 37.1 Å². The number of carbonyl (C=O) groups excluding carboxylic acids is 3. The summed E-state index contributed by atoms with van der Waals surface area (Å²) in [4.78, 5) is 57.8. The molecule has 0 saturated carbocycles. The van der Waals surface area contributed by atoms with E-state index in [9.17, 15) is 24.6 Å². The predicted molar refractivity (Wildman–Crippen MR) is 222 cm³/mol. The molecule has 2 bridgehead atoms. The van der Waals surface area contributed by atoms with Crippen molar-refractivity contribution in [2.45, 2.75) is 148 Å². The molecule has 4 heterocycles. The maximum atomic E-state index is 14.5. The van der Waals surface area contributed by atoms with Crippen LogP contribution in [-0.4, -0.2) is 135 Å². The Morgan fingerprint density at radius 1 is 1.10 bits per heavy atom. The van der Waals surface area contributed by atoms with Crippen LogP contribution in [0.3, 0.4) is 0 Å². The standard InChI is InChI=1S/C44H65N5O11/c1-11-35-44(8,54)36-20-33(46-30(6)50)26(2)21-43(7,56-24-32(23-55-36)47-57-25-37-45-17-18-49(37)22-31-15-13-12-14-16-31)40(28(4)38(51)29(5)41(53)59-35)60-42-39(52)34(48(9)10)19-27(3)58-42/h12-18,26-29,34-36,39-40,42,52,54H,11,19-25H2,1-10H3/b46-33?,47-32-/t26-,27-,28+,29-,34+,35+,36+,39-,40-,42+,43-,44-/m1/s1. The molecule has 1 aromatic heterocycles. The molecule has 3 fully saturated rings. The number of benzene rings is 1. The second-order valence-electron chi connectivity index (χ2n) is 17.3. The lowest BCUT2D eigenvalue weighted by Crippen LogP contribution is -2.59. The Balaban J connectivity index is 1.61. The number of likely N-dealkylation sites (N-methyl/N-ethyl adjacent to an activating group) is 1. The van der Waals surface area contributed by atoms with Gasteiger partial charge in [0.15, 0.2) is 18.7 Å². The van der Waals surface area contributed by atoms with Crippen LogP contribution in [0.25, 0.3) is 0 Å². The van der Waals surface area contributed by atoms with Gasteiger partial charge in [-0.3, -0.25) is 14.4 Å². The van der Waals surface area contributed by atoms with Gasteiger partial charge in [-0.05, 0) is 72.5 Å². The number of carbonyl (C=O) groups is 3. The summed E-state index contributed by atoms with van der Waals surface area (Å²) in [6.07, 6.45) is -1.51. The van der Waals surface area contributed by atoms with Crippen molar-refractivity contribution in [3.05, 3.63) is 54.1 Å². The van der Waals surface area contributed by atoms with Gasteiger partial charge in [-0.2, -0.15) is 0 Å². The van der Waals surface area contributed by atoms with Crippen molar-refractivity contribution < 1.29 is 53.1 Å². The molecule has 1 aromatic carbocycles. The number of imidazole rings is 1. The Hall–Kier alpha value is -3.90. The Morgan fingerprint density at radius 2 is 1.82 bits per heavy atom. The SMILES string of the molecule is CC[C@@H]1OC(=O)[C@H](C)C(=O)[C@H](C)[C@@H](O[C@@H]2O[C@H](C)C[C@H](N(C)C)[C@H]2O)[C@@]2(C)C[C@@H](C)C(=NC(C)=O)C[C@H](OC/C(=N/OCc3nccn3Cc3ccccc3)CO2)[C@]1(C)O. The lowest BCUT2D eigenvalue weighted by molar-refractivity contribution is -0.296. The van der Waals surface area contributed by atoms with E-state index in [1.54, 1.807) is 27.0 Å². The fourth-order valence-electron chi connectivity index (χ4n) is 8.61. The first-order chi connectivity index (χ1) is 28.3. The number of cyclic esters (lactones) is 1. The van der Waals surface area contributed by atoms with Gasteiger partial charge in [0, 0.05) is 50.0 Å². The van der Waals surface area contributed by atoms with Gasteiger partial charge in [-0.15, -0.1) is 0 Å². The summed E-state index contributed by atoms with van der Waals surface area (Å²) in [5.74, 6) is -3.93. The minimum absolute atomic E-state index is 0.0132. The maximum absolute atomic E-state index is 14.5. The number of aromatic nitrogens is 2. The average Bonchev–Trinajstić information content (AvgIpc) is 3.63. The Labute approximate surface area is 353 Å². The van der Waals surface area contributed by atoms with Gasteiger partial charge in [-0.1, -0.05) is 56.3 Å². The first-order valence-electron chi connectivity index (χ1n) is 21.0. The lowest BCUT2D eigenvalue weighted by atomic mass is 9.76. The molecule has 16 nitrogen and oxygen atoms in total. The summed E-state index contributed by atoms with van der Waals surface area (Å²) in [6.45, 7) is 13.5. The van der Waals surface area contributed by atoms with Crippen LogP contribution in [-0.2, 0) is 56.1 Å². The molecule has 1 amide bonds. The third-order valence-corrected chi connectivity index (χ3v) is 12.2. The molecule has 3 aliphatic heterocycles. The number of hydrogen-bond acceptors (Lipinski definition) is 14. The fraction of sp³-hybridized carbons (Fsp3) is 0.682. The molecule has 5 rings (SSSR count). The van der Waals surface area contributed by atoms with Gasteiger partial charge in [-0.25, -0.2) is 9.98 Å². The molecule has 3 aliphatic rings. The quantitative estimate of drug-likeness (QED) is 0.208. The zero-order valence-electron chi connectivity index (χ0n) is 36.8. The summed E-state index contributed by atoms with van der Waals surface area (Å²) in [6, 6.07) is 9.63. The van der Waals surface area contributed by atoms with Crippen LogP contribution >= 0.6 is 0 Å². The maximum Gasteiger partial charge on any atom is 0.316 e. The number of aliphatic imine (C=N–C) groups is 1. The first kappa shape index (κ1) is 47.2. The van der Waals surface area contributed by atoms with E-state index < -0.39 is 77.3 Å². The number of ether oxygens (including phenoxy) is 5. The molecule has 0 radical (unpaired) electrons. The number of oxime groups is 1. The van der Waals surface area contributed by atoms with Gasteiger partial charge >= 0.3 is 5.97 Å². The van der Waals surface area contributed by atoms with Crippen LogP contribution in [0, 0.1) is 17.8 Å². The van der Waals surface area contributed by atoms with Gasteiger partial charge in [0.2, 0.25) is 5.91 Å². The molecule has 60 heavy (non-hydrogen) atoms. The zero-order chi connectivity index (χ0) is 43.9. The number of ketones is 1. The third-order valence-electron chi connectivity index (χ3n) is 12.2. The van der Waals surface area contributed by atoms with Crippen LogP contribution in [0.1, 0.15) is 92.5 Å². The topological polar surface area (TPSA) is 193 Å². The van der Waals surface area contributed by atoms with E-state index in [1.807, 2.05) is 73.9 Å². The number of aliphatic hydroxyl groups is 2. The molecule has 12 atom stereocenters. The minimum atomic E-state index is -1.83. The second-order valence-corrected chi connectivity index (χ2v) is 17.3. The number of aliphatic hydroxyl groups excluding tert-OH is 1. The summed E-state index contributed by atoms with van der Waals surface area (Å²) in [7, 11) is 3.73. The van der Waals surface area contributed by atoms with Crippen molar-refractivity contribution in [1.29, 1.82) is 0 Å². The second kappa shape index (κ2) is 20.3. The summed E-state index contributed by atoms with van der Waals surface area (Å²) < 4.78 is 34.3. The zero-order valence-corrected chi connectivity index (χ0v) is 36.8. The number of fused-ring (bicyclic) bond motifs is 5. The molecular weight excluding hydrogens is 775 g/mol. The molecule has 16 heteroatoms. The number of amides is 1. The van der Waals surface area contributed by atoms with Crippen molar-refractivity contribution in [2.24, 2.45) is 27.9 Å². The summed E-state index contributed by atoms with van der Waals surface area (Å²) in [5.41, 5.74) is -1.43. The number of Topliss-reactive ketones (excluding diaryl/α,β-unsaturated/α-hetero) is 1. The van der Waals surface area contributed by atoms with Crippen LogP contribution in [0.15, 0.2) is 52.9 Å². The first-order valence-corrected chi connectivity index (χ1v) is 21.0. The van der Waals surface area contributed by atoms with Crippen molar-refractivity contribution in [3.8, 4) is 0 Å². The van der Waals surface area contributed by atoms with E-state index in [-0.39, 0.29) is 51.2 Å². The van der Waals surface area contributed by atoms with E-state index in [2.05, 4.69) is 15.1 Å². The Kier molecular flexibility index (Phi) is 16.0. The Morgan fingerprint density at radius 3 is 2.48 bits per heavy atom. The molecule has 3 saturated heterocycles. The molecule has 2 aromatic rings. The van der Waals surface area contributed by atoms with Crippen molar-refractivity contribution in [3.63, 3.8) is 0 Å². The highest BCUT2D eigenvalue weighted by molar-refractivity contribution is 6.00. The summed E-state index contributed by atoms with van der Waals surface area (Å²) in [5, 5.41) is 28.4. The molecule has 0 unspecified atom stereocenters. The lowest BCUT2D eigenvalue weighted by Gasteiger charge is -2.47. The smallest absolute Gasteiger partial charge is 0.316 e. The summed E-state index contributed by atoms with van der Waals surface area (Å²) >= 11 is 0. The van der Waals surface area contributed by atoms with Crippen molar-refractivity contribution in [2.75, 3.05) is 27.3 Å². The third kappa shape index (κ3) is 11.3. The van der Waals surface area contributed by atoms with E-state index in [4.69, 9.17) is 28.5 Å². The number of rotatable bonds is 9. The number of esters is 1. The van der Waals surface area contributed by atoms with Crippen LogP contribution in [0.5, 0.6) is 0 Å².